The number of carbonyl (C=O) groups excluding carboxylic acids is 2. The molecule has 0 aliphatic heterocycles. The standard InChI is InChI=1S/C45H81NO5/c1-3-5-7-9-11-13-14-15-16-19-23-27-31-35-39-45(50)51-40-36-32-28-24-20-17-18-22-26-30-34-38-44(49)46-42(41-47)43(48)37-33-29-25-21-12-10-8-6-4-2/h9,11,14-15,20,24,33,37,42-43,47-48H,3-8,10,12-13,16-19,21-23,25-32,34-36,38-41H2,1-2H3,(H,46,49)/b11-9-,15-14-,24-20-,37-33+. The first kappa shape index (κ1) is 48.8. The Labute approximate surface area is 315 Å². The molecule has 0 fully saturated rings. The Morgan fingerprint density at radius 2 is 1.00 bits per heavy atom. The zero-order chi connectivity index (χ0) is 37.3. The van der Waals surface area contributed by atoms with Gasteiger partial charge in [0.1, 0.15) is 0 Å². The number of amides is 1. The van der Waals surface area contributed by atoms with Crippen LogP contribution in [-0.2, 0) is 14.3 Å². The van der Waals surface area contributed by atoms with Crippen molar-refractivity contribution in [3.8, 4) is 0 Å². The summed E-state index contributed by atoms with van der Waals surface area (Å²) >= 11 is 0. The zero-order valence-electron chi connectivity index (χ0n) is 33.3. The minimum atomic E-state index is -0.861. The molecule has 0 aliphatic rings. The van der Waals surface area contributed by atoms with Crippen LogP contribution in [0.25, 0.3) is 0 Å². The fourth-order valence-corrected chi connectivity index (χ4v) is 5.93. The Bertz CT molecular complexity index is 880. The predicted octanol–water partition coefficient (Wildman–Crippen LogP) is 11.9. The number of nitrogens with one attached hydrogen (secondary N) is 1. The van der Waals surface area contributed by atoms with Gasteiger partial charge in [-0.15, -0.1) is 0 Å². The number of ether oxygens (including phenoxy) is 1. The lowest BCUT2D eigenvalue weighted by molar-refractivity contribution is -0.143. The van der Waals surface area contributed by atoms with Gasteiger partial charge in [0.15, 0.2) is 0 Å². The molecular weight excluding hydrogens is 634 g/mol. The highest BCUT2D eigenvalue weighted by molar-refractivity contribution is 5.76. The second kappa shape index (κ2) is 40.6. The van der Waals surface area contributed by atoms with Gasteiger partial charge in [0.2, 0.25) is 5.91 Å². The minimum Gasteiger partial charge on any atom is -0.466 e. The van der Waals surface area contributed by atoms with Gasteiger partial charge in [-0.25, -0.2) is 0 Å². The molecule has 0 heterocycles. The molecular formula is C45H81NO5. The van der Waals surface area contributed by atoms with Gasteiger partial charge in [-0.05, 0) is 83.5 Å². The van der Waals surface area contributed by atoms with Crippen molar-refractivity contribution in [2.45, 2.75) is 212 Å². The molecule has 0 aliphatic carbocycles. The highest BCUT2D eigenvalue weighted by atomic mass is 16.5. The van der Waals surface area contributed by atoms with Crippen LogP contribution < -0.4 is 5.32 Å². The number of hydrogen-bond donors (Lipinski definition) is 3. The molecule has 0 aromatic rings. The fraction of sp³-hybridized carbons (Fsp3) is 0.778. The Morgan fingerprint density at radius 1 is 0.549 bits per heavy atom. The third-order valence-corrected chi connectivity index (χ3v) is 9.31. The summed E-state index contributed by atoms with van der Waals surface area (Å²) in [6.07, 6.45) is 48.1. The van der Waals surface area contributed by atoms with Gasteiger partial charge < -0.3 is 20.3 Å². The number of allylic oxidation sites excluding steroid dienone is 7. The molecule has 0 saturated heterocycles. The SMILES string of the molecule is CCCC/C=C\C/C=C\CCCCCCCC(=O)OCCCC/C=C\CCCCCCCC(=O)NC(CO)C(O)/C=C/CCCCCCCCC. The number of hydrogen-bond acceptors (Lipinski definition) is 5. The van der Waals surface area contributed by atoms with Crippen molar-refractivity contribution in [1.82, 2.24) is 5.32 Å². The number of aliphatic hydroxyl groups is 2. The largest absolute Gasteiger partial charge is 0.466 e. The van der Waals surface area contributed by atoms with Crippen molar-refractivity contribution >= 4 is 11.9 Å². The maximum atomic E-state index is 12.3. The van der Waals surface area contributed by atoms with Gasteiger partial charge in [0.05, 0.1) is 25.4 Å². The Hall–Kier alpha value is -2.18. The molecule has 2 unspecified atom stereocenters. The van der Waals surface area contributed by atoms with E-state index < -0.39 is 12.1 Å². The van der Waals surface area contributed by atoms with Crippen molar-refractivity contribution in [1.29, 1.82) is 0 Å². The van der Waals surface area contributed by atoms with Gasteiger partial charge in [-0.2, -0.15) is 0 Å². The first-order valence-electron chi connectivity index (χ1n) is 21.4. The Kier molecular flexibility index (Phi) is 38.9. The van der Waals surface area contributed by atoms with Crippen LogP contribution in [0.2, 0.25) is 0 Å². The van der Waals surface area contributed by atoms with Crippen LogP contribution in [-0.4, -0.2) is 47.4 Å². The monoisotopic (exact) mass is 716 g/mol. The van der Waals surface area contributed by atoms with E-state index in [1.54, 1.807) is 6.08 Å². The topological polar surface area (TPSA) is 95.9 Å². The van der Waals surface area contributed by atoms with E-state index >= 15 is 0 Å². The molecule has 296 valence electrons. The highest BCUT2D eigenvalue weighted by Crippen LogP contribution is 2.12. The van der Waals surface area contributed by atoms with E-state index in [2.05, 4.69) is 55.6 Å². The highest BCUT2D eigenvalue weighted by Gasteiger charge is 2.17. The van der Waals surface area contributed by atoms with Crippen molar-refractivity contribution in [3.63, 3.8) is 0 Å². The second-order valence-electron chi connectivity index (χ2n) is 14.3. The van der Waals surface area contributed by atoms with Crippen LogP contribution in [0.3, 0.4) is 0 Å². The maximum Gasteiger partial charge on any atom is 0.305 e. The molecule has 2 atom stereocenters. The average molecular weight is 716 g/mol. The van der Waals surface area contributed by atoms with E-state index in [0.29, 0.717) is 19.4 Å². The Balaban J connectivity index is 3.58. The van der Waals surface area contributed by atoms with Crippen molar-refractivity contribution in [2.75, 3.05) is 13.2 Å². The maximum absolute atomic E-state index is 12.3. The van der Waals surface area contributed by atoms with Gasteiger partial charge >= 0.3 is 5.97 Å². The number of carbonyl (C=O) groups is 2. The molecule has 0 aromatic carbocycles. The van der Waals surface area contributed by atoms with Crippen LogP contribution >= 0.6 is 0 Å². The van der Waals surface area contributed by atoms with E-state index in [4.69, 9.17) is 4.74 Å². The van der Waals surface area contributed by atoms with E-state index in [9.17, 15) is 19.8 Å². The third-order valence-electron chi connectivity index (χ3n) is 9.31. The van der Waals surface area contributed by atoms with Crippen molar-refractivity contribution < 1.29 is 24.5 Å². The minimum absolute atomic E-state index is 0.0498. The van der Waals surface area contributed by atoms with E-state index in [1.165, 1.54) is 77.0 Å². The van der Waals surface area contributed by atoms with Crippen molar-refractivity contribution in [3.05, 3.63) is 48.6 Å². The van der Waals surface area contributed by atoms with Crippen LogP contribution in [0.5, 0.6) is 0 Å². The zero-order valence-corrected chi connectivity index (χ0v) is 33.3. The quantitative estimate of drug-likeness (QED) is 0.0336. The molecule has 3 N–H and O–H groups in total. The van der Waals surface area contributed by atoms with E-state index in [-0.39, 0.29) is 18.5 Å². The van der Waals surface area contributed by atoms with Crippen molar-refractivity contribution in [2.24, 2.45) is 0 Å². The molecule has 51 heavy (non-hydrogen) atoms. The summed E-state index contributed by atoms with van der Waals surface area (Å²) < 4.78 is 5.40. The van der Waals surface area contributed by atoms with Crippen LogP contribution in [0.4, 0.5) is 0 Å². The normalized spacial score (nSPS) is 13.3. The lowest BCUT2D eigenvalue weighted by Gasteiger charge is -2.20. The first-order chi connectivity index (χ1) is 25.0. The van der Waals surface area contributed by atoms with Crippen LogP contribution in [0.1, 0.15) is 200 Å². The smallest absolute Gasteiger partial charge is 0.305 e. The summed E-state index contributed by atoms with van der Waals surface area (Å²) in [6.45, 7) is 4.72. The van der Waals surface area contributed by atoms with Crippen LogP contribution in [0.15, 0.2) is 48.6 Å². The number of aliphatic hydroxyl groups excluding tert-OH is 2. The van der Waals surface area contributed by atoms with E-state index in [1.807, 2.05) is 6.08 Å². The molecule has 6 heteroatoms. The molecule has 0 spiro atoms. The molecule has 1 amide bonds. The molecule has 0 rings (SSSR count). The van der Waals surface area contributed by atoms with Gasteiger partial charge in [0, 0.05) is 12.8 Å². The number of unbranched alkanes of at least 4 members (excludes halogenated alkanes) is 21. The molecule has 0 radical (unpaired) electrons. The first-order valence-corrected chi connectivity index (χ1v) is 21.4. The molecule has 0 bridgehead atoms. The summed E-state index contributed by atoms with van der Waals surface area (Å²) in [5, 5.41) is 22.8. The summed E-state index contributed by atoms with van der Waals surface area (Å²) in [6, 6.07) is -0.648. The summed E-state index contributed by atoms with van der Waals surface area (Å²) in [5.74, 6) is -0.153. The third kappa shape index (κ3) is 37.4. The average Bonchev–Trinajstić information content (AvgIpc) is 3.13. The summed E-state index contributed by atoms with van der Waals surface area (Å²) in [7, 11) is 0. The lowest BCUT2D eigenvalue weighted by Crippen LogP contribution is -2.45. The molecule has 0 saturated carbocycles. The second-order valence-corrected chi connectivity index (χ2v) is 14.3. The lowest BCUT2D eigenvalue weighted by atomic mass is 10.1. The number of rotatable bonds is 38. The fourth-order valence-electron chi connectivity index (χ4n) is 5.93. The van der Waals surface area contributed by atoms with Gasteiger partial charge in [0.25, 0.3) is 0 Å². The van der Waals surface area contributed by atoms with E-state index in [0.717, 1.165) is 96.3 Å². The molecule has 0 aromatic heterocycles. The Morgan fingerprint density at radius 3 is 1.57 bits per heavy atom. The summed E-state index contributed by atoms with van der Waals surface area (Å²) in [5.41, 5.74) is 0. The van der Waals surface area contributed by atoms with Crippen LogP contribution in [0, 0.1) is 0 Å². The predicted molar refractivity (Wildman–Crippen MR) is 218 cm³/mol. The summed E-state index contributed by atoms with van der Waals surface area (Å²) in [4.78, 5) is 24.3. The molecule has 6 nitrogen and oxygen atoms in total. The van der Waals surface area contributed by atoms with Gasteiger partial charge in [-0.3, -0.25) is 9.59 Å². The number of esters is 1. The van der Waals surface area contributed by atoms with Gasteiger partial charge in [-0.1, -0.05) is 152 Å².